The molecule has 4 rings (SSSR count). The maximum Gasteiger partial charge on any atom is 0.251 e. The van der Waals surface area contributed by atoms with Crippen molar-refractivity contribution in [3.05, 3.63) is 65.5 Å². The number of thioether (sulfide) groups is 1. The van der Waals surface area contributed by atoms with Gasteiger partial charge in [-0.25, -0.2) is 0 Å². The van der Waals surface area contributed by atoms with Crippen molar-refractivity contribution in [2.75, 3.05) is 18.2 Å². The van der Waals surface area contributed by atoms with Crippen LogP contribution < -0.4 is 5.32 Å². The molecule has 1 aromatic heterocycles. The minimum atomic E-state index is -0.330. The molecule has 0 radical (unpaired) electrons. The predicted molar refractivity (Wildman–Crippen MR) is 105 cm³/mol. The second kappa shape index (κ2) is 8.02. The van der Waals surface area contributed by atoms with Gasteiger partial charge in [0.05, 0.1) is 5.88 Å². The summed E-state index contributed by atoms with van der Waals surface area (Å²) in [6, 6.07) is 10.5. The Kier molecular flexibility index (Phi) is 5.29. The molecule has 1 atom stereocenters. The normalized spacial score (nSPS) is 18.9. The minimum absolute atomic E-state index is 0.000926. The average Bonchev–Trinajstić information content (AvgIpc) is 3.22. The zero-order valence-electron chi connectivity index (χ0n) is 15.2. The minimum Gasteiger partial charge on any atom is -0.348 e. The predicted octanol–water partition coefficient (Wildman–Crippen LogP) is 1.26. The molecular weight excluding hydrogens is 376 g/mol. The first-order chi connectivity index (χ1) is 13.6. The number of rotatable bonds is 5. The fourth-order valence-corrected chi connectivity index (χ4v) is 4.51. The molecule has 0 unspecified atom stereocenters. The first-order valence-electron chi connectivity index (χ1n) is 9.04. The van der Waals surface area contributed by atoms with Crippen LogP contribution in [0.3, 0.4) is 0 Å². The highest BCUT2D eigenvalue weighted by Crippen LogP contribution is 2.26. The van der Waals surface area contributed by atoms with Crippen LogP contribution in [0.1, 0.15) is 21.5 Å². The summed E-state index contributed by atoms with van der Waals surface area (Å²) in [5.41, 5.74) is 2.37. The molecule has 0 aliphatic carbocycles. The van der Waals surface area contributed by atoms with Gasteiger partial charge in [0.1, 0.15) is 12.6 Å². The van der Waals surface area contributed by atoms with Crippen LogP contribution in [0.15, 0.2) is 48.8 Å². The molecule has 3 heterocycles. The fourth-order valence-electron chi connectivity index (χ4n) is 3.34. The number of hydrogen-bond donors (Lipinski definition) is 1. The third-order valence-electron chi connectivity index (χ3n) is 4.89. The monoisotopic (exact) mass is 396 g/mol. The lowest BCUT2D eigenvalue weighted by molar-refractivity contribution is -0.153. The van der Waals surface area contributed by atoms with Crippen molar-refractivity contribution in [1.82, 2.24) is 20.1 Å². The van der Waals surface area contributed by atoms with Crippen LogP contribution in [-0.2, 0) is 22.7 Å². The van der Waals surface area contributed by atoms with Crippen LogP contribution in [0, 0.1) is 0 Å². The maximum absolute atomic E-state index is 12.6. The van der Waals surface area contributed by atoms with Crippen molar-refractivity contribution in [2.24, 2.45) is 0 Å². The Hall–Kier alpha value is -2.87. The summed E-state index contributed by atoms with van der Waals surface area (Å²) < 4.78 is 0. The van der Waals surface area contributed by atoms with Gasteiger partial charge in [-0.3, -0.25) is 19.4 Å². The first-order valence-corrected chi connectivity index (χ1v) is 10.2. The molecule has 8 heteroatoms. The third kappa shape index (κ3) is 3.87. The van der Waals surface area contributed by atoms with Crippen LogP contribution in [0.4, 0.5) is 0 Å². The van der Waals surface area contributed by atoms with Crippen molar-refractivity contribution in [2.45, 2.75) is 19.1 Å². The molecule has 2 aliphatic rings. The second-order valence-electron chi connectivity index (χ2n) is 6.81. The molecule has 28 heavy (non-hydrogen) atoms. The molecule has 0 spiro atoms. The number of hydrogen-bond acceptors (Lipinski definition) is 5. The molecular formula is C20H20N4O3S. The maximum atomic E-state index is 12.6. The molecule has 1 N–H and O–H groups in total. The van der Waals surface area contributed by atoms with E-state index in [1.54, 1.807) is 46.1 Å². The van der Waals surface area contributed by atoms with Crippen molar-refractivity contribution in [1.29, 1.82) is 0 Å². The second-order valence-corrected chi connectivity index (χ2v) is 7.81. The first kappa shape index (κ1) is 18.5. The lowest BCUT2D eigenvalue weighted by Gasteiger charge is -2.35. The Labute approximate surface area is 167 Å². The highest BCUT2D eigenvalue weighted by Gasteiger charge is 2.42. The molecule has 2 saturated heterocycles. The van der Waals surface area contributed by atoms with E-state index in [1.807, 2.05) is 24.3 Å². The van der Waals surface area contributed by atoms with E-state index in [1.165, 1.54) is 0 Å². The highest BCUT2D eigenvalue weighted by molar-refractivity contribution is 7.99. The van der Waals surface area contributed by atoms with Crippen LogP contribution in [0.2, 0.25) is 0 Å². The molecule has 0 saturated carbocycles. The van der Waals surface area contributed by atoms with Crippen molar-refractivity contribution in [3.63, 3.8) is 0 Å². The summed E-state index contributed by atoms with van der Waals surface area (Å²) in [5.74, 6) is 1.10. The van der Waals surface area contributed by atoms with Crippen LogP contribution in [-0.4, -0.2) is 56.7 Å². The van der Waals surface area contributed by atoms with Gasteiger partial charge in [-0.05, 0) is 29.3 Å². The number of pyridine rings is 1. The number of carbonyl (C=O) groups excluding carboxylic acids is 3. The van der Waals surface area contributed by atoms with E-state index in [-0.39, 0.29) is 30.3 Å². The summed E-state index contributed by atoms with van der Waals surface area (Å²) in [5, 5.41) is 2.86. The molecule has 2 aliphatic heterocycles. The van der Waals surface area contributed by atoms with Gasteiger partial charge < -0.3 is 15.1 Å². The molecule has 2 fully saturated rings. The Morgan fingerprint density at radius 3 is 2.75 bits per heavy atom. The Morgan fingerprint density at radius 2 is 2.00 bits per heavy atom. The van der Waals surface area contributed by atoms with Gasteiger partial charge in [-0.2, -0.15) is 0 Å². The lowest BCUT2D eigenvalue weighted by atomic mass is 10.1. The van der Waals surface area contributed by atoms with Gasteiger partial charge in [-0.1, -0.05) is 18.2 Å². The number of carbonyl (C=O) groups is 3. The van der Waals surface area contributed by atoms with Crippen LogP contribution in [0.25, 0.3) is 0 Å². The van der Waals surface area contributed by atoms with E-state index in [2.05, 4.69) is 10.3 Å². The molecule has 0 bridgehead atoms. The number of nitrogens with zero attached hydrogens (tertiary/aromatic N) is 3. The van der Waals surface area contributed by atoms with E-state index < -0.39 is 0 Å². The molecule has 144 valence electrons. The molecule has 2 aromatic rings. The summed E-state index contributed by atoms with van der Waals surface area (Å²) in [6.07, 6.45) is 3.40. The standard InChI is InChI=1S/C20H20N4O3S/c25-18-11-23(20(27)17-12-28-13-24(17)18)10-14-3-5-16(6-4-14)19(26)22-9-15-2-1-7-21-8-15/h1-8,17H,9-13H2,(H,22,26)/t17-/m1/s1. The molecule has 3 amide bonds. The van der Waals surface area contributed by atoms with E-state index in [0.717, 1.165) is 11.1 Å². The van der Waals surface area contributed by atoms with Crippen LogP contribution in [0.5, 0.6) is 0 Å². The number of piperazine rings is 1. The number of aromatic nitrogens is 1. The number of fused-ring (bicyclic) bond motifs is 1. The summed E-state index contributed by atoms with van der Waals surface area (Å²) in [4.78, 5) is 44.4. The Balaban J connectivity index is 1.36. The van der Waals surface area contributed by atoms with Gasteiger partial charge in [0, 0.05) is 36.8 Å². The molecule has 1 aromatic carbocycles. The number of amides is 3. The fraction of sp³-hybridized carbons (Fsp3) is 0.300. The van der Waals surface area contributed by atoms with E-state index in [0.29, 0.717) is 30.3 Å². The Bertz CT molecular complexity index is 888. The number of nitrogens with one attached hydrogen (secondary N) is 1. The van der Waals surface area contributed by atoms with E-state index in [4.69, 9.17) is 0 Å². The quantitative estimate of drug-likeness (QED) is 0.823. The smallest absolute Gasteiger partial charge is 0.251 e. The van der Waals surface area contributed by atoms with Gasteiger partial charge >= 0.3 is 0 Å². The van der Waals surface area contributed by atoms with Gasteiger partial charge in [0.15, 0.2) is 0 Å². The summed E-state index contributed by atoms with van der Waals surface area (Å²) in [7, 11) is 0. The summed E-state index contributed by atoms with van der Waals surface area (Å²) in [6.45, 7) is 0.898. The largest absolute Gasteiger partial charge is 0.348 e. The summed E-state index contributed by atoms with van der Waals surface area (Å²) >= 11 is 1.61. The van der Waals surface area contributed by atoms with Crippen molar-refractivity contribution < 1.29 is 14.4 Å². The van der Waals surface area contributed by atoms with Crippen molar-refractivity contribution in [3.8, 4) is 0 Å². The SMILES string of the molecule is O=C(NCc1cccnc1)c1ccc(CN2CC(=O)N3CSC[C@@H]3C2=O)cc1. The van der Waals surface area contributed by atoms with E-state index in [9.17, 15) is 14.4 Å². The van der Waals surface area contributed by atoms with Crippen molar-refractivity contribution >= 4 is 29.5 Å². The zero-order chi connectivity index (χ0) is 19.5. The van der Waals surface area contributed by atoms with Crippen LogP contribution >= 0.6 is 11.8 Å². The Morgan fingerprint density at radius 1 is 1.18 bits per heavy atom. The van der Waals surface area contributed by atoms with E-state index >= 15 is 0 Å². The lowest BCUT2D eigenvalue weighted by Crippen LogP contribution is -2.57. The average molecular weight is 396 g/mol. The zero-order valence-corrected chi connectivity index (χ0v) is 16.0. The number of benzene rings is 1. The van der Waals surface area contributed by atoms with Gasteiger partial charge in [0.25, 0.3) is 5.91 Å². The topological polar surface area (TPSA) is 82.6 Å². The molecule has 7 nitrogen and oxygen atoms in total. The van der Waals surface area contributed by atoms with Gasteiger partial charge in [0.2, 0.25) is 11.8 Å². The van der Waals surface area contributed by atoms with Gasteiger partial charge in [-0.15, -0.1) is 11.8 Å². The third-order valence-corrected chi connectivity index (χ3v) is 5.90. The highest BCUT2D eigenvalue weighted by atomic mass is 32.2.